The minimum Gasteiger partial charge on any atom is -0.444 e. The number of H-pyrrole nitrogens is 1. The minimum absolute atomic E-state index is 0.107. The molecule has 2 N–H and O–H groups in total. The van der Waals surface area contributed by atoms with Crippen LogP contribution in [0, 0.1) is 0 Å². The molecule has 0 spiro atoms. The number of urea groups is 1. The lowest BCUT2D eigenvalue weighted by atomic mass is 9.96. The monoisotopic (exact) mass is 431 g/mol. The molecule has 2 aliphatic rings. The fourth-order valence-electron chi connectivity index (χ4n) is 4.09. The number of ether oxygens (including phenoxy) is 1. The summed E-state index contributed by atoms with van der Waals surface area (Å²) < 4.78 is 5.61. The molecule has 0 unspecified atom stereocenters. The number of halogens is 1. The molecule has 0 bridgehead atoms. The van der Waals surface area contributed by atoms with Crippen molar-refractivity contribution in [2.45, 2.75) is 58.3 Å². The number of benzene rings is 1. The molecule has 3 heterocycles. The average Bonchev–Trinajstić information content (AvgIpc) is 3.39. The van der Waals surface area contributed by atoms with E-state index in [4.69, 9.17) is 16.3 Å². The third-order valence-electron chi connectivity index (χ3n) is 5.33. The number of rotatable bonds is 2. The summed E-state index contributed by atoms with van der Waals surface area (Å²) in [5.41, 5.74) is 3.13. The molecule has 9 heteroatoms. The van der Waals surface area contributed by atoms with E-state index >= 15 is 0 Å². The highest BCUT2D eigenvalue weighted by atomic mass is 35.5. The predicted octanol–water partition coefficient (Wildman–Crippen LogP) is 4.68. The van der Waals surface area contributed by atoms with Gasteiger partial charge in [-0.15, -0.1) is 0 Å². The zero-order valence-electron chi connectivity index (χ0n) is 17.4. The molecule has 30 heavy (non-hydrogen) atoms. The zero-order valence-corrected chi connectivity index (χ0v) is 18.1. The third-order valence-corrected chi connectivity index (χ3v) is 5.55. The molecule has 0 aliphatic carbocycles. The summed E-state index contributed by atoms with van der Waals surface area (Å²) >= 11 is 6.42. The van der Waals surface area contributed by atoms with Gasteiger partial charge in [0.15, 0.2) is 0 Å². The van der Waals surface area contributed by atoms with Crippen LogP contribution in [0.15, 0.2) is 24.5 Å². The number of carbonyl (C=O) groups is 2. The maximum absolute atomic E-state index is 12.8. The van der Waals surface area contributed by atoms with Gasteiger partial charge in [0.2, 0.25) is 0 Å². The summed E-state index contributed by atoms with van der Waals surface area (Å²) in [7, 11) is 0. The van der Waals surface area contributed by atoms with Gasteiger partial charge < -0.3 is 19.9 Å². The van der Waals surface area contributed by atoms with Gasteiger partial charge in [-0.1, -0.05) is 11.6 Å². The predicted molar refractivity (Wildman–Crippen MR) is 113 cm³/mol. The van der Waals surface area contributed by atoms with Crippen LogP contribution >= 0.6 is 11.6 Å². The van der Waals surface area contributed by atoms with Crippen LogP contribution in [0.5, 0.6) is 0 Å². The molecule has 2 aliphatic heterocycles. The molecule has 1 fully saturated rings. The number of hydrogen-bond donors (Lipinski definition) is 2. The Morgan fingerprint density at radius 2 is 2.10 bits per heavy atom. The molecule has 1 saturated heterocycles. The third kappa shape index (κ3) is 4.23. The van der Waals surface area contributed by atoms with Crippen molar-refractivity contribution in [1.29, 1.82) is 0 Å². The molecule has 8 nitrogen and oxygen atoms in total. The fraction of sp³-hybridized carbons (Fsp3) is 0.476. The Balaban J connectivity index is 1.57. The lowest BCUT2D eigenvalue weighted by molar-refractivity contribution is 0.0223. The second kappa shape index (κ2) is 7.83. The Bertz CT molecular complexity index is 954. The molecule has 0 radical (unpaired) electrons. The maximum atomic E-state index is 12.8. The van der Waals surface area contributed by atoms with Crippen LogP contribution in [0.2, 0.25) is 5.02 Å². The van der Waals surface area contributed by atoms with Crippen LogP contribution in [0.25, 0.3) is 0 Å². The van der Waals surface area contributed by atoms with Crippen LogP contribution in [0.3, 0.4) is 0 Å². The van der Waals surface area contributed by atoms with Gasteiger partial charge in [0.1, 0.15) is 5.60 Å². The summed E-state index contributed by atoms with van der Waals surface area (Å²) in [6, 6.07) is 3.51. The van der Waals surface area contributed by atoms with E-state index in [1.807, 2.05) is 32.9 Å². The van der Waals surface area contributed by atoms with Gasteiger partial charge in [-0.2, -0.15) is 5.10 Å². The molecule has 0 saturated carbocycles. The van der Waals surface area contributed by atoms with Crippen molar-refractivity contribution in [3.63, 3.8) is 0 Å². The minimum atomic E-state index is -0.553. The summed E-state index contributed by atoms with van der Waals surface area (Å²) in [6.07, 6.45) is 4.61. The Morgan fingerprint density at radius 3 is 2.80 bits per heavy atom. The van der Waals surface area contributed by atoms with E-state index < -0.39 is 5.60 Å². The molecule has 1 aromatic heterocycles. The first-order valence-electron chi connectivity index (χ1n) is 10.1. The second-order valence-corrected chi connectivity index (χ2v) is 9.17. The normalized spacial score (nSPS) is 18.5. The van der Waals surface area contributed by atoms with Crippen LogP contribution in [-0.2, 0) is 17.8 Å². The van der Waals surface area contributed by atoms with Crippen LogP contribution in [0.1, 0.15) is 56.3 Å². The van der Waals surface area contributed by atoms with Crippen molar-refractivity contribution in [2.75, 3.05) is 11.9 Å². The summed E-state index contributed by atoms with van der Waals surface area (Å²) in [5, 5.41) is 9.96. The van der Waals surface area contributed by atoms with E-state index in [0.717, 1.165) is 29.5 Å². The molecule has 3 amide bonds. The number of nitrogens with one attached hydrogen (secondary N) is 2. The van der Waals surface area contributed by atoms with Crippen molar-refractivity contribution in [1.82, 2.24) is 20.0 Å². The zero-order chi connectivity index (χ0) is 21.5. The summed E-state index contributed by atoms with van der Waals surface area (Å²) in [4.78, 5) is 29.0. The van der Waals surface area contributed by atoms with Gasteiger partial charge in [-0.05, 0) is 62.4 Å². The number of aromatic amines is 1. The smallest absolute Gasteiger partial charge is 0.410 e. The van der Waals surface area contributed by atoms with Crippen molar-refractivity contribution < 1.29 is 14.3 Å². The first kappa shape index (κ1) is 20.5. The largest absolute Gasteiger partial charge is 0.444 e. The molecule has 2 aromatic rings. The number of anilines is 1. The van der Waals surface area contributed by atoms with E-state index in [9.17, 15) is 9.59 Å². The first-order valence-corrected chi connectivity index (χ1v) is 10.4. The molecule has 4 rings (SSSR count). The Morgan fingerprint density at radius 1 is 1.30 bits per heavy atom. The van der Waals surface area contributed by atoms with Crippen molar-refractivity contribution >= 4 is 29.4 Å². The van der Waals surface area contributed by atoms with Crippen molar-refractivity contribution in [3.8, 4) is 0 Å². The lowest BCUT2D eigenvalue weighted by Gasteiger charge is -2.30. The number of nitrogens with zero attached hydrogens (tertiary/aromatic N) is 3. The highest BCUT2D eigenvalue weighted by Crippen LogP contribution is 2.40. The number of carbonyl (C=O) groups excluding carboxylic acids is 2. The van der Waals surface area contributed by atoms with Gasteiger partial charge in [0.05, 0.1) is 17.9 Å². The Kier molecular flexibility index (Phi) is 5.36. The fourth-order valence-corrected chi connectivity index (χ4v) is 4.34. The lowest BCUT2D eigenvalue weighted by Crippen LogP contribution is -2.36. The van der Waals surface area contributed by atoms with Crippen LogP contribution < -0.4 is 5.32 Å². The van der Waals surface area contributed by atoms with E-state index in [2.05, 4.69) is 15.5 Å². The number of amides is 3. The highest BCUT2D eigenvalue weighted by molar-refractivity contribution is 6.30. The summed E-state index contributed by atoms with van der Waals surface area (Å²) in [5.74, 6) is 0. The SMILES string of the molecule is CC(C)(C)OC(=O)N1CCC[C@H]1c1cc(Cl)cc2c1CN(C(=O)Nc1cn[nH]c1)C2. The molecule has 160 valence electrons. The van der Waals surface area contributed by atoms with Crippen LogP contribution in [-0.4, -0.2) is 44.3 Å². The summed E-state index contributed by atoms with van der Waals surface area (Å²) in [6.45, 7) is 7.16. The van der Waals surface area contributed by atoms with Gasteiger partial charge >= 0.3 is 12.1 Å². The molecule has 1 aromatic carbocycles. The number of aromatic nitrogens is 2. The number of hydrogen-bond acceptors (Lipinski definition) is 4. The van der Waals surface area contributed by atoms with Crippen molar-refractivity contribution in [2.24, 2.45) is 0 Å². The average molecular weight is 432 g/mol. The van der Waals surface area contributed by atoms with Gasteiger partial charge in [0.25, 0.3) is 0 Å². The maximum Gasteiger partial charge on any atom is 0.410 e. The molecule has 1 atom stereocenters. The number of likely N-dealkylation sites (tertiary alicyclic amines) is 1. The topological polar surface area (TPSA) is 90.6 Å². The standard InChI is InChI=1S/C21H26ClN5O3/c1-21(2,3)30-20(29)27-6-4-5-18(27)16-8-14(22)7-13-11-26(12-17(13)16)19(28)25-15-9-23-24-10-15/h7-10,18H,4-6,11-12H2,1-3H3,(H,23,24)(H,25,28)/t18-/m0/s1. The Hall–Kier alpha value is -2.74. The highest BCUT2D eigenvalue weighted by Gasteiger charge is 2.37. The van der Waals surface area contributed by atoms with E-state index in [0.29, 0.717) is 30.3 Å². The quantitative estimate of drug-likeness (QED) is 0.722. The van der Waals surface area contributed by atoms with E-state index in [-0.39, 0.29) is 18.2 Å². The molecular formula is C21H26ClN5O3. The second-order valence-electron chi connectivity index (χ2n) is 8.74. The first-order chi connectivity index (χ1) is 14.2. The Labute approximate surface area is 180 Å². The van der Waals surface area contributed by atoms with Gasteiger partial charge in [0, 0.05) is 30.9 Å². The number of fused-ring (bicyclic) bond motifs is 1. The van der Waals surface area contributed by atoms with Crippen LogP contribution in [0.4, 0.5) is 15.3 Å². The van der Waals surface area contributed by atoms with Crippen molar-refractivity contribution in [3.05, 3.63) is 46.2 Å². The van der Waals surface area contributed by atoms with Gasteiger partial charge in [-0.25, -0.2) is 9.59 Å². The van der Waals surface area contributed by atoms with E-state index in [1.54, 1.807) is 22.2 Å². The molecular weight excluding hydrogens is 406 g/mol. The van der Waals surface area contributed by atoms with Gasteiger partial charge in [-0.3, -0.25) is 5.10 Å². The van der Waals surface area contributed by atoms with E-state index in [1.165, 1.54) is 0 Å².